The molecule has 4 rings (SSSR count). The number of hydrogen-bond acceptors (Lipinski definition) is 7. The zero-order valence-electron chi connectivity index (χ0n) is 17.0. The Morgan fingerprint density at radius 2 is 2.06 bits per heavy atom. The third-order valence-electron chi connectivity index (χ3n) is 5.22. The molecule has 1 aliphatic heterocycles. The van der Waals surface area contributed by atoms with Crippen molar-refractivity contribution in [2.75, 3.05) is 20.1 Å². The van der Waals surface area contributed by atoms with E-state index in [0.29, 0.717) is 33.2 Å². The third-order valence-corrected chi connectivity index (χ3v) is 6.69. The molecule has 0 atom stereocenters. The van der Waals surface area contributed by atoms with Crippen molar-refractivity contribution < 1.29 is 18.7 Å². The minimum absolute atomic E-state index is 0.0349. The van der Waals surface area contributed by atoms with E-state index in [9.17, 15) is 9.59 Å². The fourth-order valence-corrected chi connectivity index (χ4v) is 4.63. The molecule has 1 saturated heterocycles. The van der Waals surface area contributed by atoms with Crippen LogP contribution >= 0.6 is 34.5 Å². The maximum atomic E-state index is 15.1. The Bertz CT molecular complexity index is 1180. The van der Waals surface area contributed by atoms with Crippen molar-refractivity contribution in [3.63, 3.8) is 0 Å². The molecule has 168 valence electrons. The smallest absolute Gasteiger partial charge is 0.262 e. The lowest BCUT2D eigenvalue weighted by Gasteiger charge is -2.27. The van der Waals surface area contributed by atoms with Gasteiger partial charge in [0.1, 0.15) is 22.0 Å². The molecule has 1 N–H and O–H groups in total. The molecule has 32 heavy (non-hydrogen) atoms. The van der Waals surface area contributed by atoms with E-state index in [1.165, 1.54) is 29.7 Å². The predicted octanol–water partition coefficient (Wildman–Crippen LogP) is 4.31. The lowest BCUT2D eigenvalue weighted by Crippen LogP contribution is -2.41. The maximum absolute atomic E-state index is 15.1. The van der Waals surface area contributed by atoms with Gasteiger partial charge in [-0.15, -0.1) is 0 Å². The number of thiazole rings is 1. The second-order valence-electron chi connectivity index (χ2n) is 7.50. The maximum Gasteiger partial charge on any atom is 0.262 e. The Kier molecular flexibility index (Phi) is 6.90. The number of hydrogen-bond donors (Lipinski definition) is 1. The van der Waals surface area contributed by atoms with Crippen molar-refractivity contribution in [1.82, 2.24) is 20.2 Å². The monoisotopic (exact) mass is 496 g/mol. The van der Waals surface area contributed by atoms with Crippen LogP contribution in [-0.2, 0) is 11.4 Å². The van der Waals surface area contributed by atoms with Crippen LogP contribution in [0.3, 0.4) is 0 Å². The van der Waals surface area contributed by atoms with Crippen molar-refractivity contribution in [2.45, 2.75) is 19.4 Å². The van der Waals surface area contributed by atoms with E-state index < -0.39 is 23.2 Å². The van der Waals surface area contributed by atoms with Gasteiger partial charge in [-0.3, -0.25) is 14.9 Å². The van der Waals surface area contributed by atoms with Crippen molar-refractivity contribution >= 4 is 56.7 Å². The first-order valence-corrected chi connectivity index (χ1v) is 11.4. The summed E-state index contributed by atoms with van der Waals surface area (Å²) < 4.78 is 20.6. The number of rotatable bonds is 5. The molecule has 2 aromatic heterocycles. The molecule has 0 radical (unpaired) electrons. The summed E-state index contributed by atoms with van der Waals surface area (Å²) in [6, 6.07) is 4.36. The number of ether oxygens (including phenoxy) is 1. The SMILES string of the molecule is CN1CCC(C(=O)NC(=O)c2c(Cl)ccc(OCc3nc4cc(Cl)cnc4s3)c2F)CC1. The molecule has 1 fully saturated rings. The summed E-state index contributed by atoms with van der Waals surface area (Å²) in [5, 5.41) is 3.20. The van der Waals surface area contributed by atoms with Gasteiger partial charge in [-0.2, -0.15) is 0 Å². The van der Waals surface area contributed by atoms with Gasteiger partial charge in [0.25, 0.3) is 5.91 Å². The van der Waals surface area contributed by atoms with Gasteiger partial charge < -0.3 is 9.64 Å². The average Bonchev–Trinajstić information content (AvgIpc) is 3.15. The van der Waals surface area contributed by atoms with Gasteiger partial charge in [-0.25, -0.2) is 14.4 Å². The fourth-order valence-electron chi connectivity index (χ4n) is 3.44. The number of nitrogens with zero attached hydrogens (tertiary/aromatic N) is 3. The number of fused-ring (bicyclic) bond motifs is 1. The topological polar surface area (TPSA) is 84.4 Å². The molecular formula is C21H19Cl2FN4O3S. The molecule has 0 bridgehead atoms. The van der Waals surface area contributed by atoms with Crippen LogP contribution in [0.1, 0.15) is 28.2 Å². The molecule has 0 spiro atoms. The van der Waals surface area contributed by atoms with Gasteiger partial charge in [0, 0.05) is 12.1 Å². The molecule has 3 heterocycles. The van der Waals surface area contributed by atoms with E-state index in [1.807, 2.05) is 7.05 Å². The largest absolute Gasteiger partial charge is 0.483 e. The normalized spacial score (nSPS) is 15.1. The van der Waals surface area contributed by atoms with E-state index in [1.54, 1.807) is 6.07 Å². The number of nitrogens with one attached hydrogen (secondary N) is 1. The standard InChI is InChI=1S/C21H19Cl2FN4O3S/c1-28-6-4-11(5-7-28)19(29)27-20(30)17-13(23)2-3-15(18(17)24)31-10-16-26-14-8-12(22)9-25-21(14)32-16/h2-3,8-9,11H,4-7,10H2,1H3,(H,27,29,30). The lowest BCUT2D eigenvalue weighted by molar-refractivity contribution is -0.125. The number of aromatic nitrogens is 2. The Morgan fingerprint density at radius 3 is 2.81 bits per heavy atom. The van der Waals surface area contributed by atoms with Crippen molar-refractivity contribution in [2.24, 2.45) is 5.92 Å². The first-order valence-electron chi connectivity index (χ1n) is 9.87. The molecule has 1 aliphatic rings. The van der Waals surface area contributed by atoms with Crippen LogP contribution in [0, 0.1) is 11.7 Å². The average molecular weight is 497 g/mol. The van der Waals surface area contributed by atoms with Gasteiger partial charge in [0.15, 0.2) is 11.6 Å². The van der Waals surface area contributed by atoms with Gasteiger partial charge in [-0.05, 0) is 51.2 Å². The number of halogens is 3. The minimum Gasteiger partial charge on any atom is -0.483 e. The Balaban J connectivity index is 1.46. The molecule has 3 aromatic rings. The number of amides is 2. The number of pyridine rings is 1. The highest BCUT2D eigenvalue weighted by molar-refractivity contribution is 7.18. The summed E-state index contributed by atoms with van der Waals surface area (Å²) in [4.78, 5) is 36.4. The molecule has 0 unspecified atom stereocenters. The highest BCUT2D eigenvalue weighted by Crippen LogP contribution is 2.29. The van der Waals surface area contributed by atoms with E-state index in [2.05, 4.69) is 20.2 Å². The highest BCUT2D eigenvalue weighted by Gasteiger charge is 2.27. The van der Waals surface area contributed by atoms with Crippen LogP contribution in [0.15, 0.2) is 24.4 Å². The van der Waals surface area contributed by atoms with Crippen LogP contribution in [0.2, 0.25) is 10.0 Å². The van der Waals surface area contributed by atoms with E-state index in [-0.39, 0.29) is 23.3 Å². The van der Waals surface area contributed by atoms with E-state index in [4.69, 9.17) is 27.9 Å². The molecule has 7 nitrogen and oxygen atoms in total. The molecular weight excluding hydrogens is 478 g/mol. The van der Waals surface area contributed by atoms with Crippen molar-refractivity contribution in [3.8, 4) is 5.75 Å². The zero-order chi connectivity index (χ0) is 22.8. The summed E-state index contributed by atoms with van der Waals surface area (Å²) in [5.41, 5.74) is 0.188. The number of piperidine rings is 1. The van der Waals surface area contributed by atoms with Crippen LogP contribution < -0.4 is 10.1 Å². The van der Waals surface area contributed by atoms with Gasteiger partial charge in [-0.1, -0.05) is 34.5 Å². The van der Waals surface area contributed by atoms with Gasteiger partial charge >= 0.3 is 0 Å². The number of benzene rings is 1. The minimum atomic E-state index is -0.937. The molecule has 2 amide bonds. The van der Waals surface area contributed by atoms with Gasteiger partial charge in [0.2, 0.25) is 5.91 Å². The summed E-state index contributed by atoms with van der Waals surface area (Å²) in [7, 11) is 1.97. The Hall–Kier alpha value is -2.33. The molecule has 11 heteroatoms. The quantitative estimate of drug-likeness (QED) is 0.529. The number of likely N-dealkylation sites (tertiary alicyclic amines) is 1. The predicted molar refractivity (Wildman–Crippen MR) is 121 cm³/mol. The van der Waals surface area contributed by atoms with Crippen molar-refractivity contribution in [1.29, 1.82) is 0 Å². The number of carbonyl (C=O) groups is 2. The van der Waals surface area contributed by atoms with Crippen LogP contribution in [-0.4, -0.2) is 46.8 Å². The zero-order valence-corrected chi connectivity index (χ0v) is 19.4. The Labute approximate surface area is 197 Å². The van der Waals surface area contributed by atoms with E-state index >= 15 is 4.39 Å². The molecule has 0 aliphatic carbocycles. The summed E-state index contributed by atoms with van der Waals surface area (Å²) in [6.45, 7) is 1.49. The second-order valence-corrected chi connectivity index (χ2v) is 9.41. The van der Waals surface area contributed by atoms with Crippen LogP contribution in [0.4, 0.5) is 4.39 Å². The summed E-state index contributed by atoms with van der Waals surface area (Å²) >= 11 is 13.3. The fraction of sp³-hybridized carbons (Fsp3) is 0.333. The lowest BCUT2D eigenvalue weighted by atomic mass is 9.96. The van der Waals surface area contributed by atoms with E-state index in [0.717, 1.165) is 13.1 Å². The highest BCUT2D eigenvalue weighted by atomic mass is 35.5. The molecule has 0 saturated carbocycles. The second kappa shape index (κ2) is 9.66. The molecule has 1 aromatic carbocycles. The van der Waals surface area contributed by atoms with Crippen molar-refractivity contribution in [3.05, 3.63) is 50.8 Å². The van der Waals surface area contributed by atoms with Crippen LogP contribution in [0.5, 0.6) is 5.75 Å². The first-order chi connectivity index (χ1) is 15.3. The van der Waals surface area contributed by atoms with Crippen LogP contribution in [0.25, 0.3) is 10.3 Å². The third kappa shape index (κ3) is 5.01. The first kappa shape index (κ1) is 22.8. The number of carbonyl (C=O) groups excluding carboxylic acids is 2. The van der Waals surface area contributed by atoms with Gasteiger partial charge in [0.05, 0.1) is 15.6 Å². The number of imide groups is 1. The Morgan fingerprint density at radius 1 is 1.31 bits per heavy atom. The summed E-state index contributed by atoms with van der Waals surface area (Å²) in [6.07, 6.45) is 2.79. The summed E-state index contributed by atoms with van der Waals surface area (Å²) in [5.74, 6) is -2.71.